The average Bonchev–Trinajstić information content (AvgIpc) is 2.13. The van der Waals surface area contributed by atoms with E-state index >= 15 is 0 Å². The standard InChI is InChI=1S/C8H8N2.C2H6/c1-6-3-8(4-9)7(2)10-5-6;1-2/h3,5H,1-2H3;1-2H3. The van der Waals surface area contributed by atoms with E-state index in [-0.39, 0.29) is 0 Å². The lowest BCUT2D eigenvalue weighted by Gasteiger charge is -1.95. The van der Waals surface area contributed by atoms with Crippen LogP contribution in [0.15, 0.2) is 12.3 Å². The fraction of sp³-hybridized carbons (Fsp3) is 0.400. The second kappa shape index (κ2) is 5.31. The summed E-state index contributed by atoms with van der Waals surface area (Å²) in [7, 11) is 0. The van der Waals surface area contributed by atoms with Gasteiger partial charge >= 0.3 is 0 Å². The van der Waals surface area contributed by atoms with Crippen LogP contribution in [0.3, 0.4) is 0 Å². The zero-order valence-corrected chi connectivity index (χ0v) is 8.05. The van der Waals surface area contributed by atoms with E-state index in [4.69, 9.17) is 5.26 Å². The van der Waals surface area contributed by atoms with Crippen molar-refractivity contribution < 1.29 is 0 Å². The largest absolute Gasteiger partial charge is 0.260 e. The Morgan fingerprint density at radius 3 is 2.33 bits per heavy atom. The first-order chi connectivity index (χ1) is 5.74. The molecule has 0 saturated carbocycles. The molecule has 0 aliphatic heterocycles. The highest BCUT2D eigenvalue weighted by atomic mass is 14.7. The van der Waals surface area contributed by atoms with Gasteiger partial charge in [0.2, 0.25) is 0 Å². The van der Waals surface area contributed by atoms with Crippen LogP contribution in [0.5, 0.6) is 0 Å². The van der Waals surface area contributed by atoms with Crippen LogP contribution in [-0.2, 0) is 0 Å². The van der Waals surface area contributed by atoms with Crippen LogP contribution in [0.1, 0.15) is 30.7 Å². The van der Waals surface area contributed by atoms with E-state index in [1.165, 1.54) is 0 Å². The van der Waals surface area contributed by atoms with E-state index in [9.17, 15) is 0 Å². The highest BCUT2D eigenvalue weighted by molar-refractivity contribution is 5.34. The van der Waals surface area contributed by atoms with Gasteiger partial charge in [0, 0.05) is 6.20 Å². The lowest BCUT2D eigenvalue weighted by molar-refractivity contribution is 1.15. The summed E-state index contributed by atoms with van der Waals surface area (Å²) in [6.45, 7) is 7.76. The molecule has 1 aromatic heterocycles. The normalized spacial score (nSPS) is 7.92. The molecule has 1 heterocycles. The van der Waals surface area contributed by atoms with Gasteiger partial charge in [-0.1, -0.05) is 13.8 Å². The minimum Gasteiger partial charge on any atom is -0.260 e. The maximum atomic E-state index is 8.55. The van der Waals surface area contributed by atoms with Crippen molar-refractivity contribution in [2.75, 3.05) is 0 Å². The second-order valence-corrected chi connectivity index (χ2v) is 2.26. The van der Waals surface area contributed by atoms with Crippen LogP contribution in [-0.4, -0.2) is 4.98 Å². The predicted molar refractivity (Wildman–Crippen MR) is 49.8 cm³/mol. The van der Waals surface area contributed by atoms with Crippen LogP contribution in [0, 0.1) is 25.2 Å². The smallest absolute Gasteiger partial charge is 0.101 e. The molecule has 0 fully saturated rings. The molecule has 0 spiro atoms. The lowest BCUT2D eigenvalue weighted by Crippen LogP contribution is -1.87. The molecule has 0 amide bonds. The van der Waals surface area contributed by atoms with Gasteiger partial charge in [0.25, 0.3) is 0 Å². The molecule has 64 valence electrons. The average molecular weight is 162 g/mol. The number of aromatic nitrogens is 1. The monoisotopic (exact) mass is 162 g/mol. The number of hydrogen-bond donors (Lipinski definition) is 0. The van der Waals surface area contributed by atoms with E-state index < -0.39 is 0 Å². The second-order valence-electron chi connectivity index (χ2n) is 2.26. The summed E-state index contributed by atoms with van der Waals surface area (Å²) in [6.07, 6.45) is 1.76. The molecular weight excluding hydrogens is 148 g/mol. The summed E-state index contributed by atoms with van der Waals surface area (Å²) < 4.78 is 0. The van der Waals surface area contributed by atoms with Crippen LogP contribution in [0.4, 0.5) is 0 Å². The van der Waals surface area contributed by atoms with Gasteiger partial charge in [0.15, 0.2) is 0 Å². The Balaban J connectivity index is 0.000000561. The molecule has 0 aliphatic rings. The molecule has 12 heavy (non-hydrogen) atoms. The lowest BCUT2D eigenvalue weighted by atomic mass is 10.2. The van der Waals surface area contributed by atoms with Gasteiger partial charge in [-0.3, -0.25) is 4.98 Å². The van der Waals surface area contributed by atoms with E-state index in [1.54, 1.807) is 6.20 Å². The van der Waals surface area contributed by atoms with Gasteiger partial charge < -0.3 is 0 Å². The zero-order chi connectivity index (χ0) is 9.56. The Morgan fingerprint density at radius 2 is 1.92 bits per heavy atom. The molecule has 2 heteroatoms. The van der Waals surface area contributed by atoms with Crippen molar-refractivity contribution in [1.29, 1.82) is 5.26 Å². The Hall–Kier alpha value is -1.36. The molecule has 0 N–H and O–H groups in total. The van der Waals surface area contributed by atoms with Gasteiger partial charge in [-0.2, -0.15) is 5.26 Å². The maximum Gasteiger partial charge on any atom is 0.101 e. The molecule has 0 unspecified atom stereocenters. The minimum atomic E-state index is 0.667. The number of aryl methyl sites for hydroxylation is 2. The summed E-state index contributed by atoms with van der Waals surface area (Å²) in [6, 6.07) is 3.91. The van der Waals surface area contributed by atoms with E-state index in [2.05, 4.69) is 11.1 Å². The highest BCUT2D eigenvalue weighted by Gasteiger charge is 1.95. The van der Waals surface area contributed by atoms with Crippen LogP contribution in [0.2, 0.25) is 0 Å². The van der Waals surface area contributed by atoms with Crippen molar-refractivity contribution >= 4 is 0 Å². The van der Waals surface area contributed by atoms with Crippen molar-refractivity contribution in [1.82, 2.24) is 4.98 Å². The first-order valence-corrected chi connectivity index (χ1v) is 4.07. The number of pyridine rings is 1. The minimum absolute atomic E-state index is 0.667. The molecule has 2 nitrogen and oxygen atoms in total. The maximum absolute atomic E-state index is 8.55. The third kappa shape index (κ3) is 2.71. The topological polar surface area (TPSA) is 36.7 Å². The summed E-state index contributed by atoms with van der Waals surface area (Å²) in [5.41, 5.74) is 2.50. The van der Waals surface area contributed by atoms with Crippen LogP contribution in [0.25, 0.3) is 0 Å². The SMILES string of the molecule is CC.Cc1cnc(C)c(C#N)c1. The van der Waals surface area contributed by atoms with Crippen molar-refractivity contribution in [3.05, 3.63) is 29.1 Å². The molecule has 0 bridgehead atoms. The summed E-state index contributed by atoms with van der Waals surface area (Å²) in [5.74, 6) is 0. The van der Waals surface area contributed by atoms with Crippen molar-refractivity contribution in [2.45, 2.75) is 27.7 Å². The summed E-state index contributed by atoms with van der Waals surface area (Å²) >= 11 is 0. The van der Waals surface area contributed by atoms with Crippen LogP contribution < -0.4 is 0 Å². The fourth-order valence-corrected chi connectivity index (χ4v) is 0.751. The Kier molecular flexibility index (Phi) is 4.71. The fourth-order valence-electron chi connectivity index (χ4n) is 0.751. The number of rotatable bonds is 0. The molecule has 0 atom stereocenters. The highest BCUT2D eigenvalue weighted by Crippen LogP contribution is 2.04. The third-order valence-electron chi connectivity index (χ3n) is 1.34. The molecule has 1 aromatic rings. The number of nitriles is 1. The van der Waals surface area contributed by atoms with Gasteiger partial charge in [-0.15, -0.1) is 0 Å². The Labute approximate surface area is 73.9 Å². The number of nitrogens with zero attached hydrogens (tertiary/aromatic N) is 2. The molecule has 0 saturated heterocycles. The molecule has 0 aromatic carbocycles. The predicted octanol–water partition coefficient (Wildman–Crippen LogP) is 2.60. The molecule has 0 aliphatic carbocycles. The van der Waals surface area contributed by atoms with Crippen molar-refractivity contribution in [3.63, 3.8) is 0 Å². The van der Waals surface area contributed by atoms with Gasteiger partial charge in [-0.05, 0) is 25.5 Å². The van der Waals surface area contributed by atoms with Gasteiger partial charge in [0.05, 0.1) is 11.3 Å². The van der Waals surface area contributed by atoms with Crippen molar-refractivity contribution in [3.8, 4) is 6.07 Å². The first kappa shape index (κ1) is 10.6. The Bertz CT molecular complexity index is 284. The first-order valence-electron chi connectivity index (χ1n) is 4.07. The quantitative estimate of drug-likeness (QED) is 0.588. The molecular formula is C10H14N2. The Morgan fingerprint density at radius 1 is 1.33 bits per heavy atom. The van der Waals surface area contributed by atoms with Crippen molar-refractivity contribution in [2.24, 2.45) is 0 Å². The van der Waals surface area contributed by atoms with E-state index in [0.29, 0.717) is 5.56 Å². The third-order valence-corrected chi connectivity index (χ3v) is 1.34. The van der Waals surface area contributed by atoms with E-state index in [0.717, 1.165) is 11.3 Å². The summed E-state index contributed by atoms with van der Waals surface area (Å²) in [4.78, 5) is 4.03. The van der Waals surface area contributed by atoms with Crippen LogP contribution >= 0.6 is 0 Å². The zero-order valence-electron chi connectivity index (χ0n) is 8.05. The van der Waals surface area contributed by atoms with Gasteiger partial charge in [0.1, 0.15) is 6.07 Å². The molecule has 0 radical (unpaired) electrons. The summed E-state index contributed by atoms with van der Waals surface area (Å²) in [5, 5.41) is 8.55. The molecule has 1 rings (SSSR count). The van der Waals surface area contributed by atoms with Gasteiger partial charge in [-0.25, -0.2) is 0 Å². The number of hydrogen-bond acceptors (Lipinski definition) is 2. The van der Waals surface area contributed by atoms with E-state index in [1.807, 2.05) is 33.8 Å².